The van der Waals surface area contributed by atoms with E-state index in [1.54, 1.807) is 0 Å². The number of nitrogens with zero attached hydrogens (tertiary/aromatic N) is 2. The standard InChI is InChI=1S/C26H34N2O8S2/c1-33-23(29)17-19(25(31)35-3)37-22(28-16-13-9-6-10-14-16)18(24(30)34-2)20(26(32)36-4)38-21(17)27-15-11-7-5-8-12-15/h15-16H,5-14H2,1-4H3/b19-17+,20-18+,27-21?,28-22?. The topological polar surface area (TPSA) is 130 Å². The molecule has 0 unspecified atom stereocenters. The van der Waals surface area contributed by atoms with Crippen LogP contribution in [0.2, 0.25) is 0 Å². The minimum Gasteiger partial charge on any atom is -0.465 e. The molecule has 0 bridgehead atoms. The van der Waals surface area contributed by atoms with Gasteiger partial charge in [-0.15, -0.1) is 0 Å². The van der Waals surface area contributed by atoms with Crippen molar-refractivity contribution >= 4 is 57.5 Å². The number of thioether (sulfide) groups is 2. The van der Waals surface area contributed by atoms with Gasteiger partial charge in [0.2, 0.25) is 0 Å². The van der Waals surface area contributed by atoms with Gasteiger partial charge in [0.05, 0.1) is 40.5 Å². The SMILES string of the molecule is COC(=O)/C1=C(\C(=O)OC)C(=NC2CCCCC2)S/C(C(=O)OC)=C(/C(=O)OC)C(=NC2CCCCC2)S1. The molecule has 1 aliphatic heterocycles. The highest BCUT2D eigenvalue weighted by Crippen LogP contribution is 2.40. The first-order valence-corrected chi connectivity index (χ1v) is 14.3. The predicted molar refractivity (Wildman–Crippen MR) is 146 cm³/mol. The lowest BCUT2D eigenvalue weighted by Crippen LogP contribution is -2.27. The molecule has 3 aliphatic rings. The Labute approximate surface area is 231 Å². The number of ether oxygens (including phenoxy) is 4. The van der Waals surface area contributed by atoms with Crippen LogP contribution in [0, 0.1) is 0 Å². The van der Waals surface area contributed by atoms with E-state index >= 15 is 0 Å². The van der Waals surface area contributed by atoms with Crippen LogP contribution in [0.1, 0.15) is 64.2 Å². The van der Waals surface area contributed by atoms with E-state index in [4.69, 9.17) is 28.9 Å². The number of methoxy groups -OCH3 is 4. The lowest BCUT2D eigenvalue weighted by atomic mass is 9.96. The molecule has 12 heteroatoms. The normalized spacial score (nSPS) is 25.9. The van der Waals surface area contributed by atoms with Gasteiger partial charge < -0.3 is 18.9 Å². The molecule has 1 heterocycles. The van der Waals surface area contributed by atoms with E-state index in [-0.39, 0.29) is 43.1 Å². The molecule has 38 heavy (non-hydrogen) atoms. The summed E-state index contributed by atoms with van der Waals surface area (Å²) < 4.78 is 20.2. The smallest absolute Gasteiger partial charge is 0.345 e. The highest BCUT2D eigenvalue weighted by Gasteiger charge is 2.39. The maximum absolute atomic E-state index is 13.2. The molecule has 0 atom stereocenters. The van der Waals surface area contributed by atoms with Gasteiger partial charge in [-0.2, -0.15) is 0 Å². The number of carbonyl (C=O) groups excluding carboxylic acids is 4. The van der Waals surface area contributed by atoms with Gasteiger partial charge in [-0.05, 0) is 25.7 Å². The molecule has 2 fully saturated rings. The van der Waals surface area contributed by atoms with Crippen LogP contribution in [0.15, 0.2) is 30.9 Å². The van der Waals surface area contributed by atoms with Crippen LogP contribution in [0.5, 0.6) is 0 Å². The quantitative estimate of drug-likeness (QED) is 0.342. The number of rotatable bonds is 6. The predicted octanol–water partition coefficient (Wildman–Crippen LogP) is 4.13. The maximum atomic E-state index is 13.2. The van der Waals surface area contributed by atoms with Gasteiger partial charge in [0.15, 0.2) is 0 Å². The number of carbonyl (C=O) groups is 4. The summed E-state index contributed by atoms with van der Waals surface area (Å²) in [7, 11) is 4.79. The van der Waals surface area contributed by atoms with E-state index in [0.717, 1.165) is 87.7 Å². The number of hydrogen-bond donors (Lipinski definition) is 0. The van der Waals surface area contributed by atoms with Crippen molar-refractivity contribution < 1.29 is 38.1 Å². The summed E-state index contributed by atoms with van der Waals surface area (Å²) in [6, 6.07) is -0.268. The van der Waals surface area contributed by atoms with Crippen molar-refractivity contribution in [3.05, 3.63) is 21.0 Å². The first kappa shape index (κ1) is 29.9. The van der Waals surface area contributed by atoms with Crippen molar-refractivity contribution in [2.45, 2.75) is 76.3 Å². The highest BCUT2D eigenvalue weighted by atomic mass is 32.2. The van der Waals surface area contributed by atoms with Crippen LogP contribution in [0.3, 0.4) is 0 Å². The van der Waals surface area contributed by atoms with Gasteiger partial charge in [-0.3, -0.25) is 9.98 Å². The van der Waals surface area contributed by atoms with Gasteiger partial charge in [-0.1, -0.05) is 62.0 Å². The summed E-state index contributed by atoms with van der Waals surface area (Å²) >= 11 is 1.57. The van der Waals surface area contributed by atoms with Crippen molar-refractivity contribution in [2.24, 2.45) is 9.98 Å². The van der Waals surface area contributed by atoms with Gasteiger partial charge in [0.25, 0.3) is 0 Å². The van der Waals surface area contributed by atoms with Crippen LogP contribution in [-0.2, 0) is 38.1 Å². The second kappa shape index (κ2) is 14.5. The molecule has 0 aromatic rings. The van der Waals surface area contributed by atoms with Crippen molar-refractivity contribution in [3.8, 4) is 0 Å². The summed E-state index contributed by atoms with van der Waals surface area (Å²) in [6.45, 7) is 0. The number of aliphatic imine (C=N–C) groups is 2. The monoisotopic (exact) mass is 566 g/mol. The minimum atomic E-state index is -0.817. The van der Waals surface area contributed by atoms with E-state index in [1.807, 2.05) is 0 Å². The molecular formula is C26H34N2O8S2. The molecule has 0 radical (unpaired) electrons. The molecular weight excluding hydrogens is 532 g/mol. The minimum absolute atomic E-state index is 0.0789. The van der Waals surface area contributed by atoms with Crippen LogP contribution >= 0.6 is 23.5 Å². The van der Waals surface area contributed by atoms with Gasteiger partial charge >= 0.3 is 23.9 Å². The van der Waals surface area contributed by atoms with Crippen molar-refractivity contribution in [3.63, 3.8) is 0 Å². The second-order valence-corrected chi connectivity index (χ2v) is 11.0. The van der Waals surface area contributed by atoms with Crippen LogP contribution < -0.4 is 0 Å². The zero-order valence-electron chi connectivity index (χ0n) is 22.2. The van der Waals surface area contributed by atoms with Gasteiger partial charge in [0.1, 0.15) is 31.0 Å². The Balaban J connectivity index is 2.34. The molecule has 208 valence electrons. The third-order valence-corrected chi connectivity index (χ3v) is 8.70. The fraction of sp³-hybridized carbons (Fsp3) is 0.615. The number of esters is 4. The van der Waals surface area contributed by atoms with Crippen LogP contribution in [0.4, 0.5) is 0 Å². The molecule has 0 amide bonds. The molecule has 2 aliphatic carbocycles. The third-order valence-electron chi connectivity index (χ3n) is 6.55. The second-order valence-electron chi connectivity index (χ2n) is 9.03. The van der Waals surface area contributed by atoms with Crippen molar-refractivity contribution in [1.82, 2.24) is 0 Å². The Morgan fingerprint density at radius 3 is 1.16 bits per heavy atom. The molecule has 10 nitrogen and oxygen atoms in total. The zero-order valence-corrected chi connectivity index (χ0v) is 23.8. The highest BCUT2D eigenvalue weighted by molar-refractivity contribution is 8.21. The zero-order chi connectivity index (χ0) is 27.7. The molecule has 2 saturated carbocycles. The maximum Gasteiger partial charge on any atom is 0.345 e. The lowest BCUT2D eigenvalue weighted by Gasteiger charge is -2.25. The molecule has 0 spiro atoms. The van der Waals surface area contributed by atoms with E-state index in [9.17, 15) is 19.2 Å². The average molecular weight is 567 g/mol. The first-order valence-electron chi connectivity index (χ1n) is 12.7. The van der Waals surface area contributed by atoms with Crippen molar-refractivity contribution in [2.75, 3.05) is 28.4 Å². The van der Waals surface area contributed by atoms with Crippen LogP contribution in [0.25, 0.3) is 0 Å². The number of hydrogen-bond acceptors (Lipinski definition) is 12. The van der Waals surface area contributed by atoms with E-state index in [1.165, 1.54) is 28.4 Å². The summed E-state index contributed by atoms with van der Waals surface area (Å²) in [6.07, 6.45) is 9.17. The molecule has 0 aromatic heterocycles. The van der Waals surface area contributed by atoms with E-state index < -0.39 is 23.9 Å². The van der Waals surface area contributed by atoms with Gasteiger partial charge in [0, 0.05) is 0 Å². The Morgan fingerprint density at radius 1 is 0.553 bits per heavy atom. The average Bonchev–Trinajstić information content (AvgIpc) is 2.94. The fourth-order valence-electron chi connectivity index (χ4n) is 4.56. The largest absolute Gasteiger partial charge is 0.465 e. The molecule has 0 N–H and O–H groups in total. The van der Waals surface area contributed by atoms with Crippen LogP contribution in [-0.4, -0.2) is 74.5 Å². The van der Waals surface area contributed by atoms with Gasteiger partial charge in [-0.25, -0.2) is 19.2 Å². The Hall–Kier alpha value is -2.60. The van der Waals surface area contributed by atoms with Crippen molar-refractivity contribution in [1.29, 1.82) is 0 Å². The van der Waals surface area contributed by atoms with E-state index in [0.29, 0.717) is 0 Å². The summed E-state index contributed by atoms with van der Waals surface area (Å²) in [5.41, 5.74) is -0.275. The Bertz CT molecular complexity index is 983. The molecule has 3 rings (SSSR count). The fourth-order valence-corrected chi connectivity index (χ4v) is 6.95. The summed E-state index contributed by atoms with van der Waals surface area (Å²) in [5.74, 6) is -3.26. The third kappa shape index (κ3) is 7.28. The summed E-state index contributed by atoms with van der Waals surface area (Å²) in [5, 5.41) is 0.158. The Kier molecular flexibility index (Phi) is 11.4. The molecule has 0 aromatic carbocycles. The summed E-state index contributed by atoms with van der Waals surface area (Å²) in [4.78, 5) is 61.9. The van der Waals surface area contributed by atoms with E-state index in [2.05, 4.69) is 0 Å². The molecule has 0 saturated heterocycles. The Morgan fingerprint density at radius 2 is 0.868 bits per heavy atom. The first-order chi connectivity index (χ1) is 18.3. The lowest BCUT2D eigenvalue weighted by molar-refractivity contribution is -0.138.